The largest absolute Gasteiger partial charge is 0.481 e. The van der Waals surface area contributed by atoms with E-state index in [1.54, 1.807) is 0 Å². The molecule has 0 aliphatic heterocycles. The van der Waals surface area contributed by atoms with Gasteiger partial charge in [0, 0.05) is 6.42 Å². The van der Waals surface area contributed by atoms with Gasteiger partial charge in [0.15, 0.2) is 0 Å². The van der Waals surface area contributed by atoms with Crippen molar-refractivity contribution in [2.75, 3.05) is 0 Å². The van der Waals surface area contributed by atoms with Gasteiger partial charge >= 0.3 is 5.97 Å². The number of carboxylic acids is 1. The van der Waals surface area contributed by atoms with E-state index in [0.717, 1.165) is 12.8 Å². The number of rotatable bonds is 14. The molecule has 0 radical (unpaired) electrons. The van der Waals surface area contributed by atoms with Crippen LogP contribution >= 0.6 is 0 Å². The summed E-state index contributed by atoms with van der Waals surface area (Å²) < 4.78 is 0. The molecule has 0 saturated carbocycles. The molecule has 2 nitrogen and oxygen atoms in total. The predicted molar refractivity (Wildman–Crippen MR) is 77.9 cm³/mol. The van der Waals surface area contributed by atoms with Gasteiger partial charge in [-0.3, -0.25) is 4.79 Å². The fraction of sp³-hybridized carbons (Fsp3) is 0.938. The summed E-state index contributed by atoms with van der Waals surface area (Å²) in [5.41, 5.74) is 0. The lowest BCUT2D eigenvalue weighted by Crippen LogP contribution is -1.93. The van der Waals surface area contributed by atoms with Crippen LogP contribution in [0.1, 0.15) is 96.8 Å². The molecule has 2 heteroatoms. The highest BCUT2D eigenvalue weighted by Crippen LogP contribution is 2.12. The molecule has 0 unspecified atom stereocenters. The summed E-state index contributed by atoms with van der Waals surface area (Å²) in [5, 5.41) is 8.49. The Bertz CT molecular complexity index is 178. The third-order valence-electron chi connectivity index (χ3n) is 3.49. The van der Waals surface area contributed by atoms with E-state index in [9.17, 15) is 4.79 Å². The highest BCUT2D eigenvalue weighted by molar-refractivity contribution is 5.66. The van der Waals surface area contributed by atoms with E-state index in [1.807, 2.05) is 0 Å². The van der Waals surface area contributed by atoms with Crippen molar-refractivity contribution in [3.05, 3.63) is 0 Å². The van der Waals surface area contributed by atoms with Gasteiger partial charge in [-0.2, -0.15) is 0 Å². The van der Waals surface area contributed by atoms with Crippen molar-refractivity contribution >= 4 is 5.97 Å². The fourth-order valence-corrected chi connectivity index (χ4v) is 2.29. The summed E-state index contributed by atoms with van der Waals surface area (Å²) in [4.78, 5) is 10.3. The molecule has 108 valence electrons. The van der Waals surface area contributed by atoms with Crippen LogP contribution in [0.5, 0.6) is 0 Å². The minimum absolute atomic E-state index is 0.345. The second-order valence-electron chi connectivity index (χ2n) is 5.39. The first kappa shape index (κ1) is 17.5. The number of carboxylic acid groups (broad SMARTS) is 1. The molecule has 0 aromatic heterocycles. The molecule has 0 spiro atoms. The highest BCUT2D eigenvalue weighted by Gasteiger charge is 1.96. The molecule has 0 aliphatic carbocycles. The van der Waals surface area contributed by atoms with E-state index in [1.165, 1.54) is 70.6 Å². The van der Waals surface area contributed by atoms with Gasteiger partial charge in [-0.15, -0.1) is 0 Å². The van der Waals surface area contributed by atoms with Crippen LogP contribution < -0.4 is 0 Å². The standard InChI is InChI=1S/C16H32O2/c1-2-3-4-5-6-7-8-9-10-11-12-13-14-15-16(17)18/h2-15H2,1H3,(H,17,18)/i14+1,15+1,16+1. The van der Waals surface area contributed by atoms with Crippen LogP contribution in [0.2, 0.25) is 0 Å². The summed E-state index contributed by atoms with van der Waals surface area (Å²) in [7, 11) is 0. The van der Waals surface area contributed by atoms with Gasteiger partial charge in [0.1, 0.15) is 0 Å². The summed E-state index contributed by atoms with van der Waals surface area (Å²) >= 11 is 0. The Balaban J connectivity index is 2.92. The smallest absolute Gasteiger partial charge is 0.303 e. The molecule has 0 amide bonds. The van der Waals surface area contributed by atoms with Crippen LogP contribution in [-0.2, 0) is 4.79 Å². The number of unbranched alkanes of at least 4 members (excludes halogenated alkanes) is 12. The van der Waals surface area contributed by atoms with Crippen molar-refractivity contribution in [3.63, 3.8) is 0 Å². The van der Waals surface area contributed by atoms with E-state index >= 15 is 0 Å². The maximum Gasteiger partial charge on any atom is 0.303 e. The van der Waals surface area contributed by atoms with E-state index in [4.69, 9.17) is 5.11 Å². The molecule has 0 aliphatic rings. The number of aliphatic carboxylic acids is 1. The summed E-state index contributed by atoms with van der Waals surface area (Å²) in [6.07, 6.45) is 17.3. The van der Waals surface area contributed by atoms with Gasteiger partial charge < -0.3 is 5.11 Å². The fourth-order valence-electron chi connectivity index (χ4n) is 2.29. The average molecular weight is 259 g/mol. The van der Waals surface area contributed by atoms with Crippen LogP contribution in [0, 0.1) is 0 Å². The molecule has 1 N–H and O–H groups in total. The Morgan fingerprint density at radius 1 is 0.667 bits per heavy atom. The van der Waals surface area contributed by atoms with Crippen LogP contribution in [-0.4, -0.2) is 11.1 Å². The van der Waals surface area contributed by atoms with E-state index in [-0.39, 0.29) is 0 Å². The van der Waals surface area contributed by atoms with E-state index < -0.39 is 5.97 Å². The maximum atomic E-state index is 10.3. The minimum Gasteiger partial charge on any atom is -0.481 e. The Morgan fingerprint density at radius 3 is 1.33 bits per heavy atom. The van der Waals surface area contributed by atoms with E-state index in [2.05, 4.69) is 6.92 Å². The van der Waals surface area contributed by atoms with Gasteiger partial charge in [0.05, 0.1) is 0 Å². The second kappa shape index (κ2) is 14.5. The van der Waals surface area contributed by atoms with Gasteiger partial charge in [0.2, 0.25) is 0 Å². The van der Waals surface area contributed by atoms with Gasteiger partial charge in [0.25, 0.3) is 0 Å². The first-order valence-corrected chi connectivity index (χ1v) is 7.99. The molecule has 0 rings (SSSR count). The molecule has 0 saturated heterocycles. The molecular formula is C16H32O2. The van der Waals surface area contributed by atoms with Crippen LogP contribution in [0.15, 0.2) is 0 Å². The molecule has 18 heavy (non-hydrogen) atoms. The lowest BCUT2D eigenvalue weighted by molar-refractivity contribution is -0.137. The lowest BCUT2D eigenvalue weighted by Gasteiger charge is -2.02. The average Bonchev–Trinajstić information content (AvgIpc) is 2.34. The van der Waals surface area contributed by atoms with Crippen molar-refractivity contribution in [2.24, 2.45) is 0 Å². The monoisotopic (exact) mass is 259 g/mol. The first-order chi connectivity index (χ1) is 8.77. The van der Waals surface area contributed by atoms with Gasteiger partial charge in [-0.1, -0.05) is 84.0 Å². The molecule has 0 bridgehead atoms. The van der Waals surface area contributed by atoms with Gasteiger partial charge in [-0.25, -0.2) is 0 Å². The Labute approximate surface area is 113 Å². The predicted octanol–water partition coefficient (Wildman–Crippen LogP) is 5.55. The lowest BCUT2D eigenvalue weighted by atomic mass is 10.1. The summed E-state index contributed by atoms with van der Waals surface area (Å²) in [6, 6.07) is 0. The van der Waals surface area contributed by atoms with Crippen molar-refractivity contribution in [3.8, 4) is 0 Å². The molecular weight excluding hydrogens is 227 g/mol. The van der Waals surface area contributed by atoms with Crippen molar-refractivity contribution in [1.29, 1.82) is 0 Å². The number of hydrogen-bond donors (Lipinski definition) is 1. The zero-order chi connectivity index (χ0) is 13.5. The normalized spacial score (nSPS) is 10.7. The third kappa shape index (κ3) is 15.5. The Morgan fingerprint density at radius 2 is 1.00 bits per heavy atom. The summed E-state index contributed by atoms with van der Waals surface area (Å²) in [5.74, 6) is -0.655. The van der Waals surface area contributed by atoms with Crippen molar-refractivity contribution in [2.45, 2.75) is 96.8 Å². The Hall–Kier alpha value is -0.530. The number of carbonyl (C=O) groups is 1. The van der Waals surface area contributed by atoms with Crippen molar-refractivity contribution in [1.82, 2.24) is 0 Å². The quantitative estimate of drug-likeness (QED) is 0.328. The SMILES string of the molecule is CCCCCCCCCCCCC[13CH2][13CH2][13C](=O)O. The topological polar surface area (TPSA) is 37.3 Å². The van der Waals surface area contributed by atoms with Crippen LogP contribution in [0.4, 0.5) is 0 Å². The number of hydrogen-bond acceptors (Lipinski definition) is 1. The zero-order valence-corrected chi connectivity index (χ0v) is 12.3. The van der Waals surface area contributed by atoms with Gasteiger partial charge in [-0.05, 0) is 6.42 Å². The molecule has 0 aromatic rings. The molecule has 0 aromatic carbocycles. The van der Waals surface area contributed by atoms with Crippen LogP contribution in [0.3, 0.4) is 0 Å². The third-order valence-corrected chi connectivity index (χ3v) is 3.49. The minimum atomic E-state index is -0.655. The molecule has 0 fully saturated rings. The molecule has 0 atom stereocenters. The summed E-state index contributed by atoms with van der Waals surface area (Å²) in [6.45, 7) is 2.26. The first-order valence-electron chi connectivity index (χ1n) is 7.99. The molecule has 0 heterocycles. The Kier molecular flexibility index (Phi) is 14.1. The van der Waals surface area contributed by atoms with E-state index in [0.29, 0.717) is 6.42 Å². The van der Waals surface area contributed by atoms with Crippen LogP contribution in [0.25, 0.3) is 0 Å². The zero-order valence-electron chi connectivity index (χ0n) is 12.3. The highest BCUT2D eigenvalue weighted by atomic mass is 16.5. The maximum absolute atomic E-state index is 10.3. The second-order valence-corrected chi connectivity index (χ2v) is 5.39. The van der Waals surface area contributed by atoms with Crippen molar-refractivity contribution < 1.29 is 9.90 Å².